The third-order valence-corrected chi connectivity index (χ3v) is 5.59. The summed E-state index contributed by atoms with van der Waals surface area (Å²) in [5.74, 6) is 4.43. The van der Waals surface area contributed by atoms with Gasteiger partial charge in [-0.3, -0.25) is 0 Å². The molecule has 0 spiro atoms. The average molecular weight is 296 g/mol. The van der Waals surface area contributed by atoms with Gasteiger partial charge in [-0.25, -0.2) is 0 Å². The van der Waals surface area contributed by atoms with Gasteiger partial charge in [0.25, 0.3) is 0 Å². The summed E-state index contributed by atoms with van der Waals surface area (Å²) in [6.45, 7) is 1.18. The first kappa shape index (κ1) is 13.8. The van der Waals surface area contributed by atoms with Gasteiger partial charge in [0.1, 0.15) is 0 Å². The van der Waals surface area contributed by atoms with Gasteiger partial charge in [-0.05, 0) is 73.3 Å². The molecule has 1 atom stereocenters. The van der Waals surface area contributed by atoms with Crippen LogP contribution in [0.3, 0.4) is 0 Å². The van der Waals surface area contributed by atoms with Crippen LogP contribution in [-0.2, 0) is 0 Å². The maximum Gasteiger partial charge on any atom is 0.0406 e. The van der Waals surface area contributed by atoms with E-state index in [1.54, 1.807) is 0 Å². The number of hydrogen-bond acceptors (Lipinski definition) is 2. The molecule has 1 unspecified atom stereocenters. The standard InChI is InChI=1S/C16H22ClNS/c17-15-5-3-14(4-6-15)16(13-1-2-13)18-11-12-7-9-19-10-8-12/h3-6,12-13,16,18H,1-2,7-11H2. The second kappa shape index (κ2) is 6.51. The molecule has 1 saturated carbocycles. The third-order valence-electron chi connectivity index (χ3n) is 4.29. The van der Waals surface area contributed by atoms with Gasteiger partial charge in [-0.2, -0.15) is 11.8 Å². The second-order valence-corrected chi connectivity index (χ2v) is 7.49. The molecule has 1 aromatic rings. The summed E-state index contributed by atoms with van der Waals surface area (Å²) in [5.41, 5.74) is 1.41. The zero-order chi connectivity index (χ0) is 13.1. The van der Waals surface area contributed by atoms with Gasteiger partial charge in [0, 0.05) is 11.1 Å². The van der Waals surface area contributed by atoms with Crippen LogP contribution in [0.15, 0.2) is 24.3 Å². The van der Waals surface area contributed by atoms with E-state index in [9.17, 15) is 0 Å². The molecule has 3 rings (SSSR count). The number of hydrogen-bond donors (Lipinski definition) is 1. The van der Waals surface area contributed by atoms with Crippen LogP contribution in [0.25, 0.3) is 0 Å². The Hall–Kier alpha value is -0.180. The molecule has 1 aromatic carbocycles. The van der Waals surface area contributed by atoms with Crippen molar-refractivity contribution >= 4 is 23.4 Å². The molecule has 104 valence electrons. The fourth-order valence-electron chi connectivity index (χ4n) is 2.90. The van der Waals surface area contributed by atoms with Crippen molar-refractivity contribution in [1.82, 2.24) is 5.32 Å². The van der Waals surface area contributed by atoms with Crippen molar-refractivity contribution in [3.05, 3.63) is 34.9 Å². The molecule has 19 heavy (non-hydrogen) atoms. The molecule has 1 saturated heterocycles. The van der Waals surface area contributed by atoms with Gasteiger partial charge >= 0.3 is 0 Å². The average Bonchev–Trinajstić information content (AvgIpc) is 3.27. The first-order valence-corrected chi connectivity index (χ1v) is 8.93. The molecule has 2 aliphatic rings. The number of halogens is 1. The SMILES string of the molecule is Clc1ccc(C(NCC2CCSCC2)C2CC2)cc1. The molecular weight excluding hydrogens is 274 g/mol. The highest BCUT2D eigenvalue weighted by Crippen LogP contribution is 2.41. The van der Waals surface area contributed by atoms with Crippen molar-refractivity contribution in [2.24, 2.45) is 11.8 Å². The zero-order valence-electron chi connectivity index (χ0n) is 11.3. The molecule has 1 N–H and O–H groups in total. The topological polar surface area (TPSA) is 12.0 Å². The maximum absolute atomic E-state index is 5.99. The molecular formula is C16H22ClNS. The van der Waals surface area contributed by atoms with Gasteiger partial charge in [0.2, 0.25) is 0 Å². The summed E-state index contributed by atoms with van der Waals surface area (Å²) < 4.78 is 0. The van der Waals surface area contributed by atoms with E-state index in [1.807, 2.05) is 12.1 Å². The smallest absolute Gasteiger partial charge is 0.0406 e. The van der Waals surface area contributed by atoms with Gasteiger partial charge < -0.3 is 5.32 Å². The summed E-state index contributed by atoms with van der Waals surface area (Å²) in [7, 11) is 0. The van der Waals surface area contributed by atoms with Crippen LogP contribution in [0.1, 0.15) is 37.3 Å². The van der Waals surface area contributed by atoms with Gasteiger partial charge in [-0.1, -0.05) is 23.7 Å². The maximum atomic E-state index is 5.99. The van der Waals surface area contributed by atoms with Crippen molar-refractivity contribution in [2.75, 3.05) is 18.1 Å². The van der Waals surface area contributed by atoms with Gasteiger partial charge in [0.15, 0.2) is 0 Å². The molecule has 1 nitrogen and oxygen atoms in total. The lowest BCUT2D eigenvalue weighted by atomic mass is 9.99. The Kier molecular flexibility index (Phi) is 4.73. The Morgan fingerprint density at radius 1 is 1.11 bits per heavy atom. The van der Waals surface area contributed by atoms with Gasteiger partial charge in [0.05, 0.1) is 0 Å². The van der Waals surface area contributed by atoms with E-state index in [2.05, 4.69) is 29.2 Å². The van der Waals surface area contributed by atoms with Crippen LogP contribution < -0.4 is 5.32 Å². The summed E-state index contributed by atoms with van der Waals surface area (Å²) in [5, 5.41) is 4.67. The minimum absolute atomic E-state index is 0.548. The third kappa shape index (κ3) is 3.90. The van der Waals surface area contributed by atoms with Crippen molar-refractivity contribution < 1.29 is 0 Å². The van der Waals surface area contributed by atoms with Crippen LogP contribution >= 0.6 is 23.4 Å². The second-order valence-electron chi connectivity index (χ2n) is 5.83. The Bertz CT molecular complexity index is 396. The normalized spacial score (nSPS) is 22.4. The number of rotatable bonds is 5. The minimum Gasteiger partial charge on any atom is -0.309 e. The molecule has 1 heterocycles. The molecule has 2 fully saturated rings. The van der Waals surface area contributed by atoms with Crippen molar-refractivity contribution in [1.29, 1.82) is 0 Å². The Balaban J connectivity index is 1.59. The van der Waals surface area contributed by atoms with E-state index >= 15 is 0 Å². The van der Waals surface area contributed by atoms with Crippen LogP contribution in [0, 0.1) is 11.8 Å². The quantitative estimate of drug-likeness (QED) is 0.857. The first-order valence-electron chi connectivity index (χ1n) is 7.39. The Morgan fingerprint density at radius 3 is 2.42 bits per heavy atom. The highest BCUT2D eigenvalue weighted by atomic mass is 35.5. The van der Waals surface area contributed by atoms with E-state index < -0.39 is 0 Å². The zero-order valence-corrected chi connectivity index (χ0v) is 12.8. The summed E-state index contributed by atoms with van der Waals surface area (Å²) in [4.78, 5) is 0. The predicted octanol–water partition coefficient (Wildman–Crippen LogP) is 4.52. The summed E-state index contributed by atoms with van der Waals surface area (Å²) in [6.07, 6.45) is 5.52. The van der Waals surface area contributed by atoms with Gasteiger partial charge in [-0.15, -0.1) is 0 Å². The molecule has 0 bridgehead atoms. The lowest BCUT2D eigenvalue weighted by molar-refractivity contribution is 0.390. The summed E-state index contributed by atoms with van der Waals surface area (Å²) >= 11 is 8.09. The highest BCUT2D eigenvalue weighted by Gasteiger charge is 2.32. The van der Waals surface area contributed by atoms with Crippen LogP contribution in [0.5, 0.6) is 0 Å². The molecule has 3 heteroatoms. The van der Waals surface area contributed by atoms with Crippen molar-refractivity contribution in [2.45, 2.75) is 31.7 Å². The largest absolute Gasteiger partial charge is 0.309 e. The van der Waals surface area contributed by atoms with Crippen molar-refractivity contribution in [3.63, 3.8) is 0 Å². The fraction of sp³-hybridized carbons (Fsp3) is 0.625. The van der Waals surface area contributed by atoms with E-state index in [0.717, 1.165) is 16.9 Å². The lowest BCUT2D eigenvalue weighted by Gasteiger charge is -2.26. The first-order chi connectivity index (χ1) is 9.33. The predicted molar refractivity (Wildman–Crippen MR) is 85.0 cm³/mol. The molecule has 0 aromatic heterocycles. The fourth-order valence-corrected chi connectivity index (χ4v) is 4.23. The number of thioether (sulfide) groups is 1. The Morgan fingerprint density at radius 2 is 1.79 bits per heavy atom. The van der Waals surface area contributed by atoms with E-state index in [4.69, 9.17) is 11.6 Å². The highest BCUT2D eigenvalue weighted by molar-refractivity contribution is 7.99. The van der Waals surface area contributed by atoms with Crippen LogP contribution in [-0.4, -0.2) is 18.1 Å². The monoisotopic (exact) mass is 295 g/mol. The van der Waals surface area contributed by atoms with E-state index in [-0.39, 0.29) is 0 Å². The van der Waals surface area contributed by atoms with Crippen molar-refractivity contribution in [3.8, 4) is 0 Å². The van der Waals surface area contributed by atoms with Crippen LogP contribution in [0.4, 0.5) is 0 Å². The molecule has 1 aliphatic heterocycles. The summed E-state index contributed by atoms with van der Waals surface area (Å²) in [6, 6.07) is 8.97. The van der Waals surface area contributed by atoms with Crippen LogP contribution in [0.2, 0.25) is 5.02 Å². The minimum atomic E-state index is 0.548. The van der Waals surface area contributed by atoms with E-state index in [0.29, 0.717) is 6.04 Å². The number of nitrogens with one attached hydrogen (secondary N) is 1. The lowest BCUT2D eigenvalue weighted by Crippen LogP contribution is -2.30. The molecule has 0 radical (unpaired) electrons. The molecule has 1 aliphatic carbocycles. The molecule has 0 amide bonds. The Labute approximate surface area is 125 Å². The number of benzene rings is 1. The van der Waals surface area contributed by atoms with E-state index in [1.165, 1.54) is 49.3 Å².